The van der Waals surface area contributed by atoms with E-state index in [1.807, 2.05) is 12.1 Å². The van der Waals surface area contributed by atoms with Crippen LogP contribution in [0.3, 0.4) is 0 Å². The highest BCUT2D eigenvalue weighted by Gasteiger charge is 2.33. The zero-order chi connectivity index (χ0) is 19.0. The van der Waals surface area contributed by atoms with E-state index in [0.29, 0.717) is 18.5 Å². The molecule has 0 unspecified atom stereocenters. The molecule has 9 heteroatoms. The monoisotopic (exact) mass is 379 g/mol. The molecule has 0 amide bonds. The van der Waals surface area contributed by atoms with E-state index in [1.165, 1.54) is 17.4 Å². The molecule has 6 nitrogen and oxygen atoms in total. The number of hydrogen-bond donors (Lipinski definition) is 0. The minimum absolute atomic E-state index is 0.219. The van der Waals surface area contributed by atoms with E-state index in [1.54, 1.807) is 0 Å². The Morgan fingerprint density at radius 1 is 1.07 bits per heavy atom. The van der Waals surface area contributed by atoms with Gasteiger partial charge in [-0.15, -0.1) is 5.10 Å². The molecule has 2 aliphatic rings. The highest BCUT2D eigenvalue weighted by molar-refractivity contribution is 5.38. The lowest BCUT2D eigenvalue weighted by atomic mass is 9.96. The fourth-order valence-electron chi connectivity index (χ4n) is 3.44. The summed E-state index contributed by atoms with van der Waals surface area (Å²) in [5.74, 6) is 1.65. The van der Waals surface area contributed by atoms with E-state index in [2.05, 4.69) is 20.1 Å². The van der Waals surface area contributed by atoms with Crippen LogP contribution in [0, 0.1) is 5.92 Å². The van der Waals surface area contributed by atoms with E-state index < -0.39 is 17.4 Å². The first-order chi connectivity index (χ1) is 12.9. The molecular weight excluding hydrogens is 359 g/mol. The van der Waals surface area contributed by atoms with Gasteiger partial charge in [-0.1, -0.05) is 0 Å². The molecule has 2 aromatic rings. The molecule has 0 radical (unpaired) electrons. The van der Waals surface area contributed by atoms with Crippen LogP contribution in [-0.4, -0.2) is 32.8 Å². The van der Waals surface area contributed by atoms with Crippen LogP contribution in [0.25, 0.3) is 0 Å². The van der Waals surface area contributed by atoms with Crippen LogP contribution in [0.2, 0.25) is 0 Å². The average molecular weight is 379 g/mol. The summed E-state index contributed by atoms with van der Waals surface area (Å²) in [6.07, 6.45) is 0.452. The molecule has 0 atom stereocenters. The smallest absolute Gasteiger partial charge is 0.355 e. The largest absolute Gasteiger partial charge is 0.433 e. The molecule has 2 fully saturated rings. The second-order valence-electron chi connectivity index (χ2n) is 7.28. The molecule has 3 heterocycles. The van der Waals surface area contributed by atoms with Crippen molar-refractivity contribution in [2.75, 3.05) is 18.0 Å². The number of rotatable bonds is 4. The van der Waals surface area contributed by atoms with Crippen molar-refractivity contribution in [3.8, 4) is 0 Å². The van der Waals surface area contributed by atoms with Crippen molar-refractivity contribution < 1.29 is 13.2 Å². The molecule has 0 bridgehead atoms. The number of aromatic nitrogens is 4. The maximum Gasteiger partial charge on any atom is 0.433 e. The van der Waals surface area contributed by atoms with Gasteiger partial charge in [0.2, 0.25) is 0 Å². The second-order valence-corrected chi connectivity index (χ2v) is 7.28. The lowest BCUT2D eigenvalue weighted by Crippen LogP contribution is -2.37. The first-order valence-electron chi connectivity index (χ1n) is 9.12. The summed E-state index contributed by atoms with van der Waals surface area (Å²) in [6.45, 7) is 1.94. The third-order valence-electron chi connectivity index (χ3n) is 5.23. The molecule has 144 valence electrons. The Morgan fingerprint density at radius 3 is 2.37 bits per heavy atom. The van der Waals surface area contributed by atoms with Gasteiger partial charge in [-0.05, 0) is 43.7 Å². The van der Waals surface area contributed by atoms with Gasteiger partial charge in [0.05, 0.1) is 12.0 Å². The third kappa shape index (κ3) is 4.12. The van der Waals surface area contributed by atoms with Crippen LogP contribution in [0.15, 0.2) is 29.3 Å². The molecule has 1 saturated heterocycles. The summed E-state index contributed by atoms with van der Waals surface area (Å²) in [4.78, 5) is 17.5. The van der Waals surface area contributed by atoms with Gasteiger partial charge >= 0.3 is 6.18 Å². The van der Waals surface area contributed by atoms with Gasteiger partial charge in [0.1, 0.15) is 0 Å². The summed E-state index contributed by atoms with van der Waals surface area (Å²) in [5.41, 5.74) is -0.754. The molecule has 0 aromatic carbocycles. The van der Waals surface area contributed by atoms with Crippen molar-refractivity contribution in [1.29, 1.82) is 0 Å². The molecule has 2 aromatic heterocycles. The Hall–Kier alpha value is -2.45. The van der Waals surface area contributed by atoms with Crippen LogP contribution in [0.5, 0.6) is 0 Å². The van der Waals surface area contributed by atoms with Crippen LogP contribution >= 0.6 is 0 Å². The second kappa shape index (κ2) is 6.94. The predicted octanol–water partition coefficient (Wildman–Crippen LogP) is 2.85. The van der Waals surface area contributed by atoms with E-state index in [4.69, 9.17) is 0 Å². The summed E-state index contributed by atoms with van der Waals surface area (Å²) in [7, 11) is 0. The zero-order valence-corrected chi connectivity index (χ0v) is 14.7. The number of piperidine rings is 1. The zero-order valence-electron chi connectivity index (χ0n) is 14.7. The Balaban J connectivity index is 1.34. The quantitative estimate of drug-likeness (QED) is 0.817. The third-order valence-corrected chi connectivity index (χ3v) is 5.23. The number of hydrogen-bond acceptors (Lipinski definition) is 5. The standard InChI is InChI=1S/C18H20F3N5O/c19-18(20,21)15-9-17(27)26(11-22-15)10-12-5-7-25(8-6-12)16-4-3-14(23-24-16)13-1-2-13/h3-4,9,11-13H,1-2,5-8,10H2. The molecule has 1 aliphatic carbocycles. The number of alkyl halides is 3. The summed E-state index contributed by atoms with van der Waals surface area (Å²) in [6, 6.07) is 4.61. The molecule has 1 saturated carbocycles. The van der Waals surface area contributed by atoms with Crippen LogP contribution in [-0.2, 0) is 12.7 Å². The van der Waals surface area contributed by atoms with Crippen LogP contribution in [0.1, 0.15) is 43.0 Å². The SMILES string of the molecule is O=c1cc(C(F)(F)F)ncn1CC1CCN(c2ccc(C3CC3)nn2)CC1. The fourth-order valence-corrected chi connectivity index (χ4v) is 3.44. The molecule has 4 rings (SSSR count). The van der Waals surface area contributed by atoms with Crippen molar-refractivity contribution >= 4 is 5.82 Å². The van der Waals surface area contributed by atoms with Gasteiger partial charge in [-0.3, -0.25) is 9.36 Å². The predicted molar refractivity (Wildman–Crippen MR) is 92.4 cm³/mol. The Bertz CT molecular complexity index is 853. The molecule has 0 spiro atoms. The number of halogens is 3. The maximum atomic E-state index is 12.6. The summed E-state index contributed by atoms with van der Waals surface area (Å²) >= 11 is 0. The van der Waals surface area contributed by atoms with E-state index in [9.17, 15) is 18.0 Å². The van der Waals surface area contributed by atoms with Gasteiger partial charge in [-0.2, -0.15) is 18.3 Å². The highest BCUT2D eigenvalue weighted by Crippen LogP contribution is 2.38. The van der Waals surface area contributed by atoms with Crippen molar-refractivity contribution in [2.45, 2.75) is 44.3 Å². The normalized spacial score (nSPS) is 18.7. The maximum absolute atomic E-state index is 12.6. The van der Waals surface area contributed by atoms with Crippen molar-refractivity contribution in [1.82, 2.24) is 19.7 Å². The van der Waals surface area contributed by atoms with E-state index in [0.717, 1.165) is 43.8 Å². The van der Waals surface area contributed by atoms with Gasteiger partial charge in [0.15, 0.2) is 11.5 Å². The minimum atomic E-state index is -4.60. The molecule has 27 heavy (non-hydrogen) atoms. The Kier molecular flexibility index (Phi) is 4.61. The van der Waals surface area contributed by atoms with Crippen molar-refractivity contribution in [2.24, 2.45) is 5.92 Å². The van der Waals surface area contributed by atoms with Crippen LogP contribution in [0.4, 0.5) is 19.0 Å². The van der Waals surface area contributed by atoms with Gasteiger partial charge in [0.25, 0.3) is 5.56 Å². The Labute approximate surface area is 154 Å². The first kappa shape index (κ1) is 17.9. The first-order valence-corrected chi connectivity index (χ1v) is 9.12. The van der Waals surface area contributed by atoms with E-state index >= 15 is 0 Å². The summed E-state index contributed by atoms with van der Waals surface area (Å²) < 4.78 is 39.1. The van der Waals surface area contributed by atoms with Gasteiger partial charge < -0.3 is 4.90 Å². The highest BCUT2D eigenvalue weighted by atomic mass is 19.4. The molecule has 0 N–H and O–H groups in total. The van der Waals surface area contributed by atoms with E-state index in [-0.39, 0.29) is 5.92 Å². The molecular formula is C18H20F3N5O. The summed E-state index contributed by atoms with van der Waals surface area (Å²) in [5, 5.41) is 8.63. The average Bonchev–Trinajstić information content (AvgIpc) is 3.49. The number of nitrogens with zero attached hydrogens (tertiary/aromatic N) is 5. The lowest BCUT2D eigenvalue weighted by Gasteiger charge is -2.32. The van der Waals surface area contributed by atoms with Gasteiger partial charge in [0, 0.05) is 31.6 Å². The fraction of sp³-hybridized carbons (Fsp3) is 0.556. The Morgan fingerprint density at radius 2 is 1.81 bits per heavy atom. The van der Waals surface area contributed by atoms with Crippen molar-refractivity contribution in [3.63, 3.8) is 0 Å². The minimum Gasteiger partial charge on any atom is -0.355 e. The van der Waals surface area contributed by atoms with Crippen molar-refractivity contribution in [3.05, 3.63) is 46.3 Å². The topological polar surface area (TPSA) is 63.9 Å². The molecule has 1 aliphatic heterocycles. The number of anilines is 1. The van der Waals surface area contributed by atoms with Gasteiger partial charge in [-0.25, -0.2) is 4.98 Å². The van der Waals surface area contributed by atoms with Crippen LogP contribution < -0.4 is 10.5 Å². The lowest BCUT2D eigenvalue weighted by molar-refractivity contribution is -0.141.